The summed E-state index contributed by atoms with van der Waals surface area (Å²) in [7, 11) is 1.63. The molecule has 110 valence electrons. The first-order chi connectivity index (χ1) is 9.74. The van der Waals surface area contributed by atoms with Gasteiger partial charge in [-0.3, -0.25) is 4.79 Å². The Labute approximate surface area is 120 Å². The van der Waals surface area contributed by atoms with Crippen LogP contribution in [0.15, 0.2) is 24.3 Å². The SMILES string of the molecule is COc1ccc(CC(=O)N(CCO)C2CCCC2)cc1. The molecule has 0 spiro atoms. The first kappa shape index (κ1) is 14.9. The Morgan fingerprint density at radius 3 is 2.50 bits per heavy atom. The molecule has 1 aliphatic carbocycles. The van der Waals surface area contributed by atoms with E-state index in [1.54, 1.807) is 7.11 Å². The van der Waals surface area contributed by atoms with Crippen molar-refractivity contribution in [2.45, 2.75) is 38.1 Å². The van der Waals surface area contributed by atoms with Crippen LogP contribution in [-0.4, -0.2) is 42.2 Å². The molecule has 0 atom stereocenters. The van der Waals surface area contributed by atoms with Gasteiger partial charge in [-0.05, 0) is 30.5 Å². The van der Waals surface area contributed by atoms with Gasteiger partial charge >= 0.3 is 0 Å². The van der Waals surface area contributed by atoms with Gasteiger partial charge < -0.3 is 14.7 Å². The number of rotatable bonds is 6. The lowest BCUT2D eigenvalue weighted by Gasteiger charge is -2.28. The molecule has 4 nitrogen and oxygen atoms in total. The average Bonchev–Trinajstić information content (AvgIpc) is 2.99. The van der Waals surface area contributed by atoms with Gasteiger partial charge in [0.15, 0.2) is 0 Å². The van der Waals surface area contributed by atoms with E-state index in [1.165, 1.54) is 12.8 Å². The Bertz CT molecular complexity index is 424. The first-order valence-corrected chi connectivity index (χ1v) is 7.28. The Hall–Kier alpha value is -1.55. The van der Waals surface area contributed by atoms with Crippen molar-refractivity contribution >= 4 is 5.91 Å². The lowest BCUT2D eigenvalue weighted by Crippen LogP contribution is -2.41. The molecule has 0 aromatic heterocycles. The number of nitrogens with zero attached hydrogens (tertiary/aromatic N) is 1. The van der Waals surface area contributed by atoms with Crippen molar-refractivity contribution in [1.82, 2.24) is 4.90 Å². The van der Waals surface area contributed by atoms with E-state index in [4.69, 9.17) is 9.84 Å². The molecule has 0 unspecified atom stereocenters. The molecule has 1 aliphatic rings. The number of ether oxygens (including phenoxy) is 1. The number of hydrogen-bond donors (Lipinski definition) is 1. The zero-order chi connectivity index (χ0) is 14.4. The van der Waals surface area contributed by atoms with Crippen molar-refractivity contribution in [3.05, 3.63) is 29.8 Å². The summed E-state index contributed by atoms with van der Waals surface area (Å²) in [5.74, 6) is 0.903. The lowest BCUT2D eigenvalue weighted by atomic mass is 10.1. The Morgan fingerprint density at radius 2 is 1.95 bits per heavy atom. The molecule has 1 saturated carbocycles. The topological polar surface area (TPSA) is 49.8 Å². The summed E-state index contributed by atoms with van der Waals surface area (Å²) in [6.07, 6.45) is 4.88. The zero-order valence-electron chi connectivity index (χ0n) is 12.0. The van der Waals surface area contributed by atoms with Gasteiger partial charge in [-0.25, -0.2) is 0 Å². The summed E-state index contributed by atoms with van der Waals surface area (Å²) in [4.78, 5) is 14.3. The zero-order valence-corrected chi connectivity index (χ0v) is 12.0. The van der Waals surface area contributed by atoms with E-state index in [0.717, 1.165) is 24.2 Å². The van der Waals surface area contributed by atoms with Gasteiger partial charge in [0.1, 0.15) is 5.75 Å². The van der Waals surface area contributed by atoms with Crippen LogP contribution in [0.5, 0.6) is 5.75 Å². The van der Waals surface area contributed by atoms with Crippen LogP contribution >= 0.6 is 0 Å². The first-order valence-electron chi connectivity index (χ1n) is 7.28. The summed E-state index contributed by atoms with van der Waals surface area (Å²) in [5, 5.41) is 9.17. The van der Waals surface area contributed by atoms with Crippen molar-refractivity contribution in [3.8, 4) is 5.75 Å². The van der Waals surface area contributed by atoms with E-state index in [0.29, 0.717) is 19.0 Å². The fraction of sp³-hybridized carbons (Fsp3) is 0.562. The molecule has 1 aromatic rings. The normalized spacial score (nSPS) is 15.3. The minimum absolute atomic E-state index is 0.0326. The largest absolute Gasteiger partial charge is 0.497 e. The van der Waals surface area contributed by atoms with Crippen LogP contribution in [0.3, 0.4) is 0 Å². The molecule has 0 saturated heterocycles. The highest BCUT2D eigenvalue weighted by atomic mass is 16.5. The average molecular weight is 277 g/mol. The molecule has 0 bridgehead atoms. The number of carbonyl (C=O) groups is 1. The van der Waals surface area contributed by atoms with Gasteiger partial charge in [-0.15, -0.1) is 0 Å². The van der Waals surface area contributed by atoms with Crippen LogP contribution in [0.4, 0.5) is 0 Å². The number of hydrogen-bond acceptors (Lipinski definition) is 3. The second-order valence-corrected chi connectivity index (χ2v) is 5.27. The molecule has 1 aromatic carbocycles. The molecule has 1 amide bonds. The van der Waals surface area contributed by atoms with Gasteiger partial charge in [0, 0.05) is 12.6 Å². The number of methoxy groups -OCH3 is 1. The van der Waals surface area contributed by atoms with Crippen molar-refractivity contribution in [1.29, 1.82) is 0 Å². The molecule has 0 aliphatic heterocycles. The number of aliphatic hydroxyl groups excluding tert-OH is 1. The van der Waals surface area contributed by atoms with Crippen LogP contribution in [0.2, 0.25) is 0 Å². The van der Waals surface area contributed by atoms with Crippen LogP contribution in [-0.2, 0) is 11.2 Å². The standard InChI is InChI=1S/C16H23NO3/c1-20-15-8-6-13(7-9-15)12-16(19)17(10-11-18)14-4-2-3-5-14/h6-9,14,18H,2-5,10-12H2,1H3. The smallest absolute Gasteiger partial charge is 0.227 e. The highest BCUT2D eigenvalue weighted by molar-refractivity contribution is 5.79. The van der Waals surface area contributed by atoms with Crippen LogP contribution < -0.4 is 4.74 Å². The van der Waals surface area contributed by atoms with Crippen LogP contribution in [0.25, 0.3) is 0 Å². The summed E-state index contributed by atoms with van der Waals surface area (Å²) >= 11 is 0. The Kier molecular flexibility index (Phi) is 5.41. The molecule has 4 heteroatoms. The Morgan fingerprint density at radius 1 is 1.30 bits per heavy atom. The predicted octanol–water partition coefficient (Wildman–Crippen LogP) is 2.00. The van der Waals surface area contributed by atoms with Crippen LogP contribution in [0, 0.1) is 0 Å². The Balaban J connectivity index is 1.99. The fourth-order valence-corrected chi connectivity index (χ4v) is 2.85. The van der Waals surface area contributed by atoms with Gasteiger partial charge in [-0.2, -0.15) is 0 Å². The molecule has 1 fully saturated rings. The van der Waals surface area contributed by atoms with Gasteiger partial charge in [0.25, 0.3) is 0 Å². The van der Waals surface area contributed by atoms with Gasteiger partial charge in [0.2, 0.25) is 5.91 Å². The molecule has 0 radical (unpaired) electrons. The highest BCUT2D eigenvalue weighted by Gasteiger charge is 2.25. The van der Waals surface area contributed by atoms with E-state index in [2.05, 4.69) is 0 Å². The summed E-state index contributed by atoms with van der Waals surface area (Å²) < 4.78 is 5.11. The monoisotopic (exact) mass is 277 g/mol. The van der Waals surface area contributed by atoms with E-state index >= 15 is 0 Å². The quantitative estimate of drug-likeness (QED) is 0.865. The van der Waals surface area contributed by atoms with Gasteiger partial charge in [0.05, 0.1) is 20.1 Å². The van der Waals surface area contributed by atoms with Crippen molar-refractivity contribution < 1.29 is 14.6 Å². The molecule has 2 rings (SSSR count). The van der Waals surface area contributed by atoms with E-state index in [9.17, 15) is 4.79 Å². The second-order valence-electron chi connectivity index (χ2n) is 5.27. The minimum Gasteiger partial charge on any atom is -0.497 e. The van der Waals surface area contributed by atoms with Crippen LogP contribution in [0.1, 0.15) is 31.2 Å². The maximum atomic E-state index is 12.4. The van der Waals surface area contributed by atoms with Crippen molar-refractivity contribution in [3.63, 3.8) is 0 Å². The van der Waals surface area contributed by atoms with Crippen molar-refractivity contribution in [2.24, 2.45) is 0 Å². The summed E-state index contributed by atoms with van der Waals surface area (Å²) in [6.45, 7) is 0.477. The summed E-state index contributed by atoms with van der Waals surface area (Å²) in [5.41, 5.74) is 0.983. The number of amides is 1. The van der Waals surface area contributed by atoms with E-state index < -0.39 is 0 Å². The second kappa shape index (κ2) is 7.29. The van der Waals surface area contributed by atoms with E-state index in [-0.39, 0.29) is 12.5 Å². The maximum Gasteiger partial charge on any atom is 0.227 e. The molecule has 0 heterocycles. The third-order valence-electron chi connectivity index (χ3n) is 3.94. The lowest BCUT2D eigenvalue weighted by molar-refractivity contribution is -0.133. The molecule has 1 N–H and O–H groups in total. The minimum atomic E-state index is 0.0326. The predicted molar refractivity (Wildman–Crippen MR) is 77.8 cm³/mol. The molecule has 20 heavy (non-hydrogen) atoms. The third-order valence-corrected chi connectivity index (χ3v) is 3.94. The molecular weight excluding hydrogens is 254 g/mol. The van der Waals surface area contributed by atoms with E-state index in [1.807, 2.05) is 29.2 Å². The fourth-order valence-electron chi connectivity index (χ4n) is 2.85. The molecular formula is C16H23NO3. The van der Waals surface area contributed by atoms with Crippen molar-refractivity contribution in [2.75, 3.05) is 20.3 Å². The number of carbonyl (C=O) groups excluding carboxylic acids is 1. The van der Waals surface area contributed by atoms with Gasteiger partial charge in [-0.1, -0.05) is 25.0 Å². The maximum absolute atomic E-state index is 12.4. The number of benzene rings is 1. The highest BCUT2D eigenvalue weighted by Crippen LogP contribution is 2.24. The third kappa shape index (κ3) is 3.73. The summed E-state index contributed by atoms with van der Waals surface area (Å²) in [6, 6.07) is 7.89. The number of aliphatic hydroxyl groups is 1.